The Bertz CT molecular complexity index is 3070. The third kappa shape index (κ3) is 7.93. The lowest BCUT2D eigenvalue weighted by molar-refractivity contribution is 1.07. The highest BCUT2D eigenvalue weighted by Crippen LogP contribution is 2.39. The van der Waals surface area contributed by atoms with Crippen LogP contribution in [0.2, 0.25) is 0 Å². The van der Waals surface area contributed by atoms with E-state index in [1.807, 2.05) is 104 Å². The van der Waals surface area contributed by atoms with E-state index in [0.29, 0.717) is 23.3 Å². The molecule has 10 aromatic rings. The molecule has 0 N–H and O–H groups in total. The van der Waals surface area contributed by atoms with Crippen LogP contribution >= 0.6 is 0 Å². The lowest BCUT2D eigenvalue weighted by Crippen LogP contribution is -2.00. The highest BCUT2D eigenvalue weighted by Gasteiger charge is 2.18. The number of benzene rings is 7. The highest BCUT2D eigenvalue weighted by molar-refractivity contribution is 5.89. The molecule has 6 nitrogen and oxygen atoms in total. The second kappa shape index (κ2) is 16.8. The topological polar surface area (TPSA) is 77.3 Å². The molecule has 3 aromatic heterocycles. The van der Waals surface area contributed by atoms with Crippen LogP contribution in [-0.2, 0) is 0 Å². The van der Waals surface area contributed by atoms with Gasteiger partial charge in [-0.05, 0) is 78.1 Å². The minimum Gasteiger partial charge on any atom is -0.258 e. The number of rotatable bonds is 9. The molecule has 0 atom stereocenters. The molecule has 0 saturated heterocycles. The average Bonchev–Trinajstić information content (AvgIpc) is 3.34. The van der Waals surface area contributed by atoms with Crippen LogP contribution in [0.25, 0.3) is 101 Å². The predicted octanol–water partition coefficient (Wildman–Crippen LogP) is 13.7. The van der Waals surface area contributed by atoms with Gasteiger partial charge in [0.1, 0.15) is 0 Å². The summed E-state index contributed by atoms with van der Waals surface area (Å²) in [7, 11) is 0. The Morgan fingerprint density at radius 3 is 1.24 bits per heavy atom. The second-order valence-electron chi connectivity index (χ2n) is 15.2. The molecule has 62 heavy (non-hydrogen) atoms. The van der Waals surface area contributed by atoms with Crippen molar-refractivity contribution in [3.8, 4) is 101 Å². The van der Waals surface area contributed by atoms with Crippen molar-refractivity contribution >= 4 is 0 Å². The summed E-state index contributed by atoms with van der Waals surface area (Å²) < 4.78 is 0. The van der Waals surface area contributed by atoms with E-state index in [1.165, 1.54) is 0 Å². The van der Waals surface area contributed by atoms with E-state index in [4.69, 9.17) is 29.9 Å². The van der Waals surface area contributed by atoms with Crippen molar-refractivity contribution in [2.45, 2.75) is 13.8 Å². The van der Waals surface area contributed by atoms with Crippen molar-refractivity contribution in [2.24, 2.45) is 0 Å². The highest BCUT2D eigenvalue weighted by atomic mass is 15.0. The molecule has 0 fully saturated rings. The quantitative estimate of drug-likeness (QED) is 0.145. The van der Waals surface area contributed by atoms with E-state index in [-0.39, 0.29) is 0 Å². The zero-order valence-electron chi connectivity index (χ0n) is 34.3. The summed E-state index contributed by atoms with van der Waals surface area (Å²) in [6, 6.07) is 70.8. The van der Waals surface area contributed by atoms with Gasteiger partial charge in [0.05, 0.1) is 11.4 Å². The molecule has 0 amide bonds. The maximum atomic E-state index is 5.23. The summed E-state index contributed by atoms with van der Waals surface area (Å²) in [5, 5.41) is 0. The van der Waals surface area contributed by atoms with E-state index >= 15 is 0 Å². The molecule has 0 unspecified atom stereocenters. The van der Waals surface area contributed by atoms with E-state index in [1.54, 1.807) is 0 Å². The SMILES string of the molecule is Cc1ccc(-c2cc(-c3cccc(-c4nc(-c5ccccc5)nc(-c5ccccc5)n4)c3)cc(-c3ccccc3-c3cc(-c4ccccc4)nc(-c4ccccc4)n3)c2)c(C)n1. The number of aryl methyl sites for hydroxylation is 2. The summed E-state index contributed by atoms with van der Waals surface area (Å²) >= 11 is 0. The van der Waals surface area contributed by atoms with Gasteiger partial charge in [-0.2, -0.15) is 0 Å². The molecule has 0 spiro atoms. The molecule has 3 heterocycles. The van der Waals surface area contributed by atoms with Gasteiger partial charge in [0.25, 0.3) is 0 Å². The van der Waals surface area contributed by atoms with E-state index in [0.717, 1.165) is 89.5 Å². The molecule has 6 heteroatoms. The summed E-state index contributed by atoms with van der Waals surface area (Å²) in [5.41, 5.74) is 15.7. The van der Waals surface area contributed by atoms with Gasteiger partial charge in [-0.3, -0.25) is 4.98 Å². The Morgan fingerprint density at radius 2 is 0.661 bits per heavy atom. The average molecular weight is 797 g/mol. The number of pyridine rings is 1. The first-order valence-electron chi connectivity index (χ1n) is 20.7. The minimum atomic E-state index is 0.604. The largest absolute Gasteiger partial charge is 0.258 e. The van der Waals surface area contributed by atoms with E-state index < -0.39 is 0 Å². The second-order valence-corrected chi connectivity index (χ2v) is 15.2. The van der Waals surface area contributed by atoms with Gasteiger partial charge in [-0.15, -0.1) is 0 Å². The van der Waals surface area contributed by atoms with Crippen LogP contribution in [0.5, 0.6) is 0 Å². The lowest BCUT2D eigenvalue weighted by atomic mass is 9.90. The molecule has 0 saturated carbocycles. The van der Waals surface area contributed by atoms with Gasteiger partial charge >= 0.3 is 0 Å². The number of nitrogens with zero attached hydrogens (tertiary/aromatic N) is 6. The fourth-order valence-electron chi connectivity index (χ4n) is 7.89. The predicted molar refractivity (Wildman–Crippen MR) is 252 cm³/mol. The zero-order chi connectivity index (χ0) is 41.8. The van der Waals surface area contributed by atoms with Crippen LogP contribution in [0.4, 0.5) is 0 Å². The molecule has 10 rings (SSSR count). The standard InChI is InChI=1S/C56H40N6/c1-37-30-31-48(38(2)57-37)46-33-45(43-26-17-27-44(32-43)56-61-54(41-22-11-5-12-23-41)60-55(62-56)42-24-13-6-14-25-42)34-47(35-46)49-28-15-16-29-50(49)52-36-51(39-18-7-3-8-19-39)58-53(59-52)40-20-9-4-10-21-40/h3-36H,1-2H3. The molecule has 0 aliphatic carbocycles. The van der Waals surface area contributed by atoms with Crippen LogP contribution in [0.1, 0.15) is 11.4 Å². The molecule has 0 aliphatic heterocycles. The van der Waals surface area contributed by atoms with Crippen LogP contribution in [0, 0.1) is 13.8 Å². The third-order valence-corrected chi connectivity index (χ3v) is 11.0. The van der Waals surface area contributed by atoms with Gasteiger partial charge in [-0.25, -0.2) is 24.9 Å². The molecule has 0 radical (unpaired) electrons. The third-order valence-electron chi connectivity index (χ3n) is 11.0. The van der Waals surface area contributed by atoms with Crippen LogP contribution < -0.4 is 0 Å². The van der Waals surface area contributed by atoms with Crippen molar-refractivity contribution in [2.75, 3.05) is 0 Å². The zero-order valence-corrected chi connectivity index (χ0v) is 34.3. The first kappa shape index (κ1) is 38.0. The summed E-state index contributed by atoms with van der Waals surface area (Å²) in [6.45, 7) is 4.11. The van der Waals surface area contributed by atoms with Crippen LogP contribution in [0.15, 0.2) is 206 Å². The van der Waals surface area contributed by atoms with Gasteiger partial charge in [0, 0.05) is 50.3 Å². The fraction of sp³-hybridized carbons (Fsp3) is 0.0357. The molecular formula is C56H40N6. The summed E-state index contributed by atoms with van der Waals surface area (Å²) in [4.78, 5) is 30.2. The Balaban J connectivity index is 1.14. The van der Waals surface area contributed by atoms with Gasteiger partial charge in [0.15, 0.2) is 23.3 Å². The normalized spacial score (nSPS) is 11.1. The van der Waals surface area contributed by atoms with Crippen LogP contribution in [-0.4, -0.2) is 29.9 Å². The Hall–Kier alpha value is -8.22. The maximum absolute atomic E-state index is 5.23. The molecular weight excluding hydrogens is 757 g/mol. The van der Waals surface area contributed by atoms with Crippen molar-refractivity contribution in [3.63, 3.8) is 0 Å². The number of hydrogen-bond acceptors (Lipinski definition) is 6. The minimum absolute atomic E-state index is 0.604. The first-order valence-corrected chi connectivity index (χ1v) is 20.7. The van der Waals surface area contributed by atoms with Crippen molar-refractivity contribution in [1.29, 1.82) is 0 Å². The van der Waals surface area contributed by atoms with Crippen molar-refractivity contribution < 1.29 is 0 Å². The summed E-state index contributed by atoms with van der Waals surface area (Å²) in [5.74, 6) is 2.53. The molecule has 0 bridgehead atoms. The molecule has 0 aliphatic rings. The van der Waals surface area contributed by atoms with E-state index in [9.17, 15) is 0 Å². The fourth-order valence-corrected chi connectivity index (χ4v) is 7.89. The monoisotopic (exact) mass is 796 g/mol. The Kier molecular flexibility index (Phi) is 10.3. The van der Waals surface area contributed by atoms with Crippen molar-refractivity contribution in [1.82, 2.24) is 29.9 Å². The van der Waals surface area contributed by atoms with Gasteiger partial charge < -0.3 is 0 Å². The number of aromatic nitrogens is 6. The van der Waals surface area contributed by atoms with Gasteiger partial charge in [-0.1, -0.05) is 170 Å². The Morgan fingerprint density at radius 1 is 0.242 bits per heavy atom. The Labute approximate surface area is 361 Å². The van der Waals surface area contributed by atoms with E-state index in [2.05, 4.69) is 116 Å². The molecule has 294 valence electrons. The first-order chi connectivity index (χ1) is 30.5. The van der Waals surface area contributed by atoms with Crippen LogP contribution in [0.3, 0.4) is 0 Å². The number of hydrogen-bond donors (Lipinski definition) is 0. The molecule has 7 aromatic carbocycles. The maximum Gasteiger partial charge on any atom is 0.164 e. The van der Waals surface area contributed by atoms with Crippen molar-refractivity contribution in [3.05, 3.63) is 218 Å². The summed E-state index contributed by atoms with van der Waals surface area (Å²) in [6.07, 6.45) is 0. The smallest absolute Gasteiger partial charge is 0.164 e. The van der Waals surface area contributed by atoms with Gasteiger partial charge in [0.2, 0.25) is 0 Å². The lowest BCUT2D eigenvalue weighted by Gasteiger charge is -2.16.